The molecule has 3 rings (SSSR count). The van der Waals surface area contributed by atoms with E-state index in [1.165, 1.54) is 0 Å². The Bertz CT molecular complexity index is 1000. The van der Waals surface area contributed by atoms with E-state index in [4.69, 9.17) is 4.74 Å². The van der Waals surface area contributed by atoms with Crippen LogP contribution in [-0.4, -0.2) is 27.9 Å². The molecule has 0 aromatic heterocycles. The Hall–Kier alpha value is -1.93. The van der Waals surface area contributed by atoms with Crippen LogP contribution in [0.2, 0.25) is 0 Å². The molecule has 0 heterocycles. The van der Waals surface area contributed by atoms with Gasteiger partial charge < -0.3 is 4.74 Å². The molecule has 0 radical (unpaired) electrons. The lowest BCUT2D eigenvalue weighted by atomic mass is 9.97. The molecule has 0 spiro atoms. The second kappa shape index (κ2) is 8.54. The third-order valence-electron chi connectivity index (χ3n) is 5.37. The summed E-state index contributed by atoms with van der Waals surface area (Å²) in [7, 11) is -1.24. The number of alkyl halides is 4. The first-order chi connectivity index (χ1) is 14.3. The van der Waals surface area contributed by atoms with E-state index in [2.05, 4.69) is 4.72 Å². The molecule has 2 atom stereocenters. The summed E-state index contributed by atoms with van der Waals surface area (Å²) < 4.78 is 71.8. The Balaban J connectivity index is 1.89. The molecule has 1 N–H and O–H groups in total. The van der Waals surface area contributed by atoms with Crippen LogP contribution in [0.25, 0.3) is 11.1 Å². The lowest BCUT2D eigenvalue weighted by molar-refractivity contribution is -0.148. The van der Waals surface area contributed by atoms with Crippen LogP contribution in [0.4, 0.5) is 17.6 Å². The molecule has 170 valence electrons. The van der Waals surface area contributed by atoms with E-state index in [0.717, 1.165) is 27.8 Å². The number of rotatable bonds is 7. The smallest absolute Gasteiger partial charge is 0.340 e. The first kappa shape index (κ1) is 23.7. The van der Waals surface area contributed by atoms with E-state index in [9.17, 15) is 21.8 Å². The maximum Gasteiger partial charge on any atom is 0.340 e. The molecule has 0 aliphatic heterocycles. The molecule has 2 aromatic carbocycles. The Morgan fingerprint density at radius 1 is 1.13 bits per heavy atom. The summed E-state index contributed by atoms with van der Waals surface area (Å²) in [5, 5.41) is 0. The van der Waals surface area contributed by atoms with Crippen LogP contribution in [0, 0.1) is 6.92 Å². The van der Waals surface area contributed by atoms with Crippen molar-refractivity contribution in [2.45, 2.75) is 64.2 Å². The summed E-state index contributed by atoms with van der Waals surface area (Å²) in [6.07, 6.45) is -3.09. The molecule has 0 fully saturated rings. The fraction of sp³-hybridized carbons (Fsp3) is 0.478. The van der Waals surface area contributed by atoms with Gasteiger partial charge in [0.1, 0.15) is 5.75 Å². The number of nitrogens with one attached hydrogen (secondary N) is 1. The van der Waals surface area contributed by atoms with Crippen LogP contribution in [0.5, 0.6) is 5.75 Å². The first-order valence-corrected chi connectivity index (χ1v) is 11.2. The lowest BCUT2D eigenvalue weighted by Gasteiger charge is -2.22. The highest BCUT2D eigenvalue weighted by Gasteiger charge is 2.42. The highest BCUT2D eigenvalue weighted by Crippen LogP contribution is 2.43. The Kier molecular flexibility index (Phi) is 6.54. The van der Waals surface area contributed by atoms with Crippen LogP contribution >= 0.6 is 0 Å². The van der Waals surface area contributed by atoms with Crippen molar-refractivity contribution < 1.29 is 26.5 Å². The van der Waals surface area contributed by atoms with Crippen molar-refractivity contribution in [3.05, 3.63) is 52.6 Å². The topological polar surface area (TPSA) is 38.3 Å². The second-order valence-corrected chi connectivity index (χ2v) is 10.9. The van der Waals surface area contributed by atoms with Crippen LogP contribution in [-0.2, 0) is 17.4 Å². The van der Waals surface area contributed by atoms with Gasteiger partial charge in [-0.15, -0.1) is 0 Å². The van der Waals surface area contributed by atoms with E-state index < -0.39 is 34.7 Å². The van der Waals surface area contributed by atoms with E-state index in [1.54, 1.807) is 19.1 Å². The Morgan fingerprint density at radius 2 is 1.77 bits per heavy atom. The first-order valence-electron chi connectivity index (χ1n) is 10.0. The van der Waals surface area contributed by atoms with Gasteiger partial charge in [-0.05, 0) is 86.6 Å². The largest absolute Gasteiger partial charge is 0.487 e. The van der Waals surface area contributed by atoms with Crippen molar-refractivity contribution in [1.82, 2.24) is 4.72 Å². The zero-order valence-corrected chi connectivity index (χ0v) is 19.0. The fourth-order valence-electron chi connectivity index (χ4n) is 3.53. The van der Waals surface area contributed by atoms with Gasteiger partial charge >= 0.3 is 12.3 Å². The second-order valence-electron chi connectivity index (χ2n) is 8.89. The predicted octanol–water partition coefficient (Wildman–Crippen LogP) is 5.96. The molecular weight excluding hydrogens is 430 g/mol. The molecule has 0 bridgehead atoms. The molecule has 1 aliphatic carbocycles. The minimum atomic E-state index is -4.21. The minimum Gasteiger partial charge on any atom is -0.487 e. The quantitative estimate of drug-likeness (QED) is 0.445. The van der Waals surface area contributed by atoms with Crippen LogP contribution in [0.1, 0.15) is 56.0 Å². The molecule has 0 amide bonds. The van der Waals surface area contributed by atoms with Crippen LogP contribution < -0.4 is 9.46 Å². The molecule has 3 nitrogen and oxygen atoms in total. The standard InChI is InChI=1S/C23H27F4NO2S/c1-13-19(30-12-23(26,27)21(24)25)9-8-17-10-16-7-6-15(11-18(16)20(13)17)14(2)28-31(29)22(3,4)5/h6-9,11,14,21,28H,10,12H2,1-5H3/t14?,31-/m1/s1. The molecule has 1 aliphatic rings. The zero-order valence-electron chi connectivity index (χ0n) is 18.2. The summed E-state index contributed by atoms with van der Waals surface area (Å²) >= 11 is 0. The zero-order chi connectivity index (χ0) is 23.1. The highest BCUT2D eigenvalue weighted by molar-refractivity contribution is 7.84. The Labute approximate surface area is 182 Å². The van der Waals surface area contributed by atoms with E-state index in [1.807, 2.05) is 45.9 Å². The third kappa shape index (κ3) is 4.95. The number of halogens is 4. The molecule has 0 saturated heterocycles. The summed E-state index contributed by atoms with van der Waals surface area (Å²) in [4.78, 5) is 0. The average molecular weight is 458 g/mol. The molecular formula is C23H27F4NO2S. The SMILES string of the molecule is Cc1c(OCC(F)(F)C(F)F)ccc2c1-c1cc(C(C)N[S@](=O)C(C)(C)C)ccc1C2. The van der Waals surface area contributed by atoms with Gasteiger partial charge in [0.25, 0.3) is 0 Å². The van der Waals surface area contributed by atoms with Crippen molar-refractivity contribution in [2.24, 2.45) is 0 Å². The Morgan fingerprint density at radius 3 is 2.39 bits per heavy atom. The molecule has 0 saturated carbocycles. The number of ether oxygens (including phenoxy) is 1. The molecule has 8 heteroatoms. The van der Waals surface area contributed by atoms with E-state index in [-0.39, 0.29) is 11.8 Å². The van der Waals surface area contributed by atoms with Gasteiger partial charge in [0, 0.05) is 6.04 Å². The molecule has 1 unspecified atom stereocenters. The monoisotopic (exact) mass is 457 g/mol. The van der Waals surface area contributed by atoms with Gasteiger partial charge in [-0.25, -0.2) is 17.7 Å². The van der Waals surface area contributed by atoms with Gasteiger partial charge in [-0.1, -0.05) is 18.2 Å². The van der Waals surface area contributed by atoms with Gasteiger partial charge in [0.05, 0.1) is 15.7 Å². The number of hydrogen-bond acceptors (Lipinski definition) is 2. The van der Waals surface area contributed by atoms with Gasteiger partial charge in [0.2, 0.25) is 0 Å². The van der Waals surface area contributed by atoms with Crippen molar-refractivity contribution in [3.63, 3.8) is 0 Å². The number of hydrogen-bond donors (Lipinski definition) is 1. The van der Waals surface area contributed by atoms with Crippen molar-refractivity contribution in [3.8, 4) is 16.9 Å². The van der Waals surface area contributed by atoms with E-state index in [0.29, 0.717) is 12.0 Å². The van der Waals surface area contributed by atoms with Crippen LogP contribution in [0.3, 0.4) is 0 Å². The van der Waals surface area contributed by atoms with Crippen molar-refractivity contribution in [1.29, 1.82) is 0 Å². The number of fused-ring (bicyclic) bond motifs is 3. The summed E-state index contributed by atoms with van der Waals surface area (Å²) in [6.45, 7) is 7.97. The molecule has 31 heavy (non-hydrogen) atoms. The highest BCUT2D eigenvalue weighted by atomic mass is 32.2. The predicted molar refractivity (Wildman–Crippen MR) is 115 cm³/mol. The summed E-state index contributed by atoms with van der Waals surface area (Å²) in [5.74, 6) is -4.04. The van der Waals surface area contributed by atoms with Gasteiger partial charge in [-0.3, -0.25) is 0 Å². The minimum absolute atomic E-state index is 0.164. The fourth-order valence-corrected chi connectivity index (χ4v) is 4.34. The van der Waals surface area contributed by atoms with Gasteiger partial charge in [0.15, 0.2) is 6.61 Å². The number of benzene rings is 2. The van der Waals surface area contributed by atoms with E-state index >= 15 is 0 Å². The maximum atomic E-state index is 13.3. The van der Waals surface area contributed by atoms with Gasteiger partial charge in [-0.2, -0.15) is 8.78 Å². The van der Waals surface area contributed by atoms with Crippen molar-refractivity contribution in [2.75, 3.05) is 6.61 Å². The van der Waals surface area contributed by atoms with Crippen molar-refractivity contribution >= 4 is 11.0 Å². The summed E-state index contributed by atoms with van der Waals surface area (Å²) in [5.41, 5.74) is 5.51. The van der Waals surface area contributed by atoms with Crippen LogP contribution in [0.15, 0.2) is 30.3 Å². The third-order valence-corrected chi connectivity index (χ3v) is 7.05. The summed E-state index contributed by atoms with van der Waals surface area (Å²) in [6, 6.07) is 9.17. The average Bonchev–Trinajstić information content (AvgIpc) is 3.04. The molecule has 2 aromatic rings. The normalized spacial score (nSPS) is 15.5. The lowest BCUT2D eigenvalue weighted by Crippen LogP contribution is -2.34. The maximum absolute atomic E-state index is 13.3.